The van der Waals surface area contributed by atoms with E-state index in [1.54, 1.807) is 0 Å². The lowest BCUT2D eigenvalue weighted by molar-refractivity contribution is 0.251. The lowest BCUT2D eigenvalue weighted by Crippen LogP contribution is -2.43. The van der Waals surface area contributed by atoms with Gasteiger partial charge in [-0.15, -0.1) is 24.0 Å². The molecule has 2 aliphatic rings. The topological polar surface area (TPSA) is 56.9 Å². The zero-order valence-electron chi connectivity index (χ0n) is 15.9. The Kier molecular flexibility index (Phi) is 9.15. The molecule has 0 radical (unpaired) electrons. The number of aliphatic imine (C=N–C) groups is 1. The summed E-state index contributed by atoms with van der Waals surface area (Å²) < 4.78 is 0. The summed E-state index contributed by atoms with van der Waals surface area (Å²) in [6.45, 7) is 8.52. The van der Waals surface area contributed by atoms with Crippen LogP contribution >= 0.6 is 24.0 Å². The summed E-state index contributed by atoms with van der Waals surface area (Å²) in [5.41, 5.74) is 7.51. The molecule has 26 heavy (non-hydrogen) atoms. The first-order chi connectivity index (χ1) is 12.3. The van der Waals surface area contributed by atoms with Crippen LogP contribution < -0.4 is 11.1 Å². The minimum Gasteiger partial charge on any atom is -0.370 e. The van der Waals surface area contributed by atoms with Crippen LogP contribution in [0.1, 0.15) is 44.2 Å². The van der Waals surface area contributed by atoms with Gasteiger partial charge in [0.2, 0.25) is 0 Å². The second-order valence-electron chi connectivity index (χ2n) is 7.20. The number of hydrogen-bond acceptors (Lipinski definition) is 3. The first-order valence-corrected chi connectivity index (χ1v) is 9.84. The number of likely N-dealkylation sites (tertiary alicyclic amines) is 2. The largest absolute Gasteiger partial charge is 0.370 e. The standard InChI is InChI=1S/C20H33N5.HI/c1-2-24-14-8-11-18(24)15-22-20(21)23-16-19(25-12-6-7-13-25)17-9-4-3-5-10-17;/h3-5,9-10,18-19H,2,6-8,11-16H2,1H3,(H3,21,22,23);1H. The van der Waals surface area contributed by atoms with Gasteiger partial charge >= 0.3 is 0 Å². The van der Waals surface area contributed by atoms with Crippen molar-refractivity contribution in [2.75, 3.05) is 39.3 Å². The molecule has 146 valence electrons. The molecule has 2 atom stereocenters. The van der Waals surface area contributed by atoms with Gasteiger partial charge in [-0.25, -0.2) is 0 Å². The van der Waals surface area contributed by atoms with Gasteiger partial charge in [0.1, 0.15) is 0 Å². The monoisotopic (exact) mass is 471 g/mol. The summed E-state index contributed by atoms with van der Waals surface area (Å²) in [6, 6.07) is 11.7. The van der Waals surface area contributed by atoms with Gasteiger partial charge in [0.05, 0.1) is 12.6 Å². The highest BCUT2D eigenvalue weighted by Gasteiger charge is 2.24. The second kappa shape index (κ2) is 11.1. The van der Waals surface area contributed by atoms with Gasteiger partial charge in [-0.3, -0.25) is 14.8 Å². The fraction of sp³-hybridized carbons (Fsp3) is 0.650. The van der Waals surface area contributed by atoms with Crippen molar-refractivity contribution in [3.63, 3.8) is 0 Å². The van der Waals surface area contributed by atoms with Crippen molar-refractivity contribution in [3.05, 3.63) is 35.9 Å². The molecule has 2 unspecified atom stereocenters. The number of benzene rings is 1. The van der Waals surface area contributed by atoms with Crippen LogP contribution in [0.3, 0.4) is 0 Å². The van der Waals surface area contributed by atoms with Crippen molar-refractivity contribution in [2.24, 2.45) is 10.7 Å². The SMILES string of the molecule is CCN1CCCC1CNC(N)=NCC(c1ccccc1)N1CCCC1.I. The molecule has 0 spiro atoms. The van der Waals surface area contributed by atoms with Crippen LogP contribution in [0, 0.1) is 0 Å². The van der Waals surface area contributed by atoms with E-state index in [0.717, 1.165) is 32.7 Å². The molecule has 3 rings (SSSR count). The predicted molar refractivity (Wildman–Crippen MR) is 120 cm³/mol. The second-order valence-corrected chi connectivity index (χ2v) is 7.20. The summed E-state index contributed by atoms with van der Waals surface area (Å²) >= 11 is 0. The molecule has 2 saturated heterocycles. The van der Waals surface area contributed by atoms with Crippen LogP contribution in [-0.4, -0.2) is 61.1 Å². The fourth-order valence-corrected chi connectivity index (χ4v) is 4.17. The van der Waals surface area contributed by atoms with E-state index in [1.165, 1.54) is 37.8 Å². The maximum absolute atomic E-state index is 6.17. The van der Waals surface area contributed by atoms with Crippen molar-refractivity contribution in [2.45, 2.75) is 44.7 Å². The number of nitrogens with zero attached hydrogens (tertiary/aromatic N) is 3. The molecule has 1 aromatic rings. The normalized spacial score (nSPS) is 23.0. The van der Waals surface area contributed by atoms with Gasteiger partial charge in [0, 0.05) is 12.6 Å². The Morgan fingerprint density at radius 1 is 1.19 bits per heavy atom. The Hall–Kier alpha value is -0.860. The third kappa shape index (κ3) is 5.82. The molecule has 0 aromatic heterocycles. The minimum atomic E-state index is 0. The highest BCUT2D eigenvalue weighted by atomic mass is 127. The molecule has 1 aromatic carbocycles. The van der Waals surface area contributed by atoms with E-state index in [-0.39, 0.29) is 24.0 Å². The Bertz CT molecular complexity index is 544. The van der Waals surface area contributed by atoms with Crippen LogP contribution in [0.25, 0.3) is 0 Å². The maximum atomic E-state index is 6.17. The highest BCUT2D eigenvalue weighted by molar-refractivity contribution is 14.0. The molecule has 5 nitrogen and oxygen atoms in total. The van der Waals surface area contributed by atoms with E-state index < -0.39 is 0 Å². The number of guanidine groups is 1. The van der Waals surface area contributed by atoms with Crippen molar-refractivity contribution >= 4 is 29.9 Å². The number of nitrogens with two attached hydrogens (primary N) is 1. The smallest absolute Gasteiger partial charge is 0.188 e. The Morgan fingerprint density at radius 2 is 1.92 bits per heavy atom. The van der Waals surface area contributed by atoms with Crippen LogP contribution in [0.5, 0.6) is 0 Å². The molecule has 0 bridgehead atoms. The van der Waals surface area contributed by atoms with E-state index in [2.05, 4.69) is 57.4 Å². The van der Waals surface area contributed by atoms with E-state index in [1.807, 2.05) is 0 Å². The molecular formula is C20H34IN5. The predicted octanol–water partition coefficient (Wildman–Crippen LogP) is 2.83. The summed E-state index contributed by atoms with van der Waals surface area (Å²) in [5.74, 6) is 0.586. The number of nitrogens with one attached hydrogen (secondary N) is 1. The average molecular weight is 471 g/mol. The summed E-state index contributed by atoms with van der Waals surface area (Å²) in [5, 5.41) is 3.35. The van der Waals surface area contributed by atoms with E-state index >= 15 is 0 Å². The first kappa shape index (κ1) is 21.4. The summed E-state index contributed by atoms with van der Waals surface area (Å²) in [6.07, 6.45) is 5.13. The lowest BCUT2D eigenvalue weighted by atomic mass is 10.1. The third-order valence-electron chi connectivity index (χ3n) is 5.62. The molecule has 2 heterocycles. The minimum absolute atomic E-state index is 0. The molecule has 2 aliphatic heterocycles. The molecule has 0 amide bonds. The zero-order valence-corrected chi connectivity index (χ0v) is 18.3. The van der Waals surface area contributed by atoms with Gasteiger partial charge in [-0.05, 0) is 57.4 Å². The van der Waals surface area contributed by atoms with Crippen LogP contribution in [0.2, 0.25) is 0 Å². The number of hydrogen-bond donors (Lipinski definition) is 2. The van der Waals surface area contributed by atoms with Crippen LogP contribution in [0.4, 0.5) is 0 Å². The first-order valence-electron chi connectivity index (χ1n) is 9.84. The van der Waals surface area contributed by atoms with E-state index in [0.29, 0.717) is 18.0 Å². The summed E-state index contributed by atoms with van der Waals surface area (Å²) in [4.78, 5) is 9.75. The Morgan fingerprint density at radius 3 is 2.62 bits per heavy atom. The zero-order chi connectivity index (χ0) is 17.5. The van der Waals surface area contributed by atoms with E-state index in [9.17, 15) is 0 Å². The van der Waals surface area contributed by atoms with Crippen LogP contribution in [0.15, 0.2) is 35.3 Å². The van der Waals surface area contributed by atoms with Gasteiger partial charge in [-0.2, -0.15) is 0 Å². The molecule has 0 saturated carbocycles. The molecule has 3 N–H and O–H groups in total. The lowest BCUT2D eigenvalue weighted by Gasteiger charge is -2.27. The van der Waals surface area contributed by atoms with Crippen molar-refractivity contribution < 1.29 is 0 Å². The molecular weight excluding hydrogens is 437 g/mol. The number of likely N-dealkylation sites (N-methyl/N-ethyl adjacent to an activating group) is 1. The van der Waals surface area contributed by atoms with Gasteiger partial charge in [0.25, 0.3) is 0 Å². The van der Waals surface area contributed by atoms with Crippen molar-refractivity contribution in [1.82, 2.24) is 15.1 Å². The quantitative estimate of drug-likeness (QED) is 0.365. The van der Waals surface area contributed by atoms with Crippen molar-refractivity contribution in [3.8, 4) is 0 Å². The highest BCUT2D eigenvalue weighted by Crippen LogP contribution is 2.25. The van der Waals surface area contributed by atoms with E-state index in [4.69, 9.17) is 5.73 Å². The summed E-state index contributed by atoms with van der Waals surface area (Å²) in [7, 11) is 0. The molecule has 6 heteroatoms. The van der Waals surface area contributed by atoms with Crippen LogP contribution in [-0.2, 0) is 0 Å². The maximum Gasteiger partial charge on any atom is 0.188 e. The Balaban J connectivity index is 0.00000243. The van der Waals surface area contributed by atoms with Crippen molar-refractivity contribution in [1.29, 1.82) is 0 Å². The average Bonchev–Trinajstić information content (AvgIpc) is 3.32. The number of halogens is 1. The fourth-order valence-electron chi connectivity index (χ4n) is 4.17. The molecule has 2 fully saturated rings. The van der Waals surface area contributed by atoms with Gasteiger partial charge < -0.3 is 11.1 Å². The third-order valence-corrected chi connectivity index (χ3v) is 5.62. The van der Waals surface area contributed by atoms with Gasteiger partial charge in [0.15, 0.2) is 5.96 Å². The van der Waals surface area contributed by atoms with Gasteiger partial charge in [-0.1, -0.05) is 37.3 Å². The molecule has 0 aliphatic carbocycles. The number of rotatable bonds is 7. The Labute approximate surface area is 175 Å².